The lowest BCUT2D eigenvalue weighted by Crippen LogP contribution is -2.56. The fourth-order valence-corrected chi connectivity index (χ4v) is 8.57. The van der Waals surface area contributed by atoms with Gasteiger partial charge in [-0.2, -0.15) is 34.8 Å². The number of halogens is 6. The van der Waals surface area contributed by atoms with E-state index >= 15 is 0 Å². The van der Waals surface area contributed by atoms with Crippen molar-refractivity contribution >= 4 is 16.0 Å². The molecule has 4 rings (SSSR count). The summed E-state index contributed by atoms with van der Waals surface area (Å²) in [6.45, 7) is 6.13. The van der Waals surface area contributed by atoms with Gasteiger partial charge >= 0.3 is 22.7 Å². The average molecular weight is 600 g/mol. The lowest BCUT2D eigenvalue weighted by Gasteiger charge is -2.60. The van der Waals surface area contributed by atoms with E-state index in [4.69, 9.17) is 0 Å². The van der Waals surface area contributed by atoms with Crippen molar-refractivity contribution in [3.8, 4) is 0 Å². The lowest BCUT2D eigenvalue weighted by molar-refractivity contribution is -0.370. The van der Waals surface area contributed by atoms with Gasteiger partial charge in [0.1, 0.15) is 0 Å². The van der Waals surface area contributed by atoms with Crippen LogP contribution < -0.4 is 4.72 Å². The molecule has 0 amide bonds. The van der Waals surface area contributed by atoms with Gasteiger partial charge in [-0.15, -0.1) is 6.58 Å². The van der Waals surface area contributed by atoms with Gasteiger partial charge in [-0.25, -0.2) is 0 Å². The molecule has 2 fully saturated rings. The van der Waals surface area contributed by atoms with Gasteiger partial charge in [-0.3, -0.25) is 9.27 Å². The third kappa shape index (κ3) is 5.15. The van der Waals surface area contributed by atoms with Gasteiger partial charge in [0.2, 0.25) is 0 Å². The molecule has 40 heavy (non-hydrogen) atoms. The number of hydrogen-bond acceptors (Lipinski definition) is 4. The second-order valence-corrected chi connectivity index (χ2v) is 13.2. The highest BCUT2D eigenvalue weighted by molar-refractivity contribution is 7.87. The van der Waals surface area contributed by atoms with E-state index in [1.54, 1.807) is 12.1 Å². The Hall–Kier alpha value is -1.83. The van der Waals surface area contributed by atoms with Crippen molar-refractivity contribution in [3.05, 3.63) is 42.0 Å². The molecule has 0 heterocycles. The second kappa shape index (κ2) is 10.2. The molecule has 1 aromatic carbocycles. The van der Waals surface area contributed by atoms with Crippen LogP contribution in [0, 0.1) is 22.7 Å². The lowest BCUT2D eigenvalue weighted by atomic mass is 9.44. The highest BCUT2D eigenvalue weighted by Crippen LogP contribution is 2.69. The van der Waals surface area contributed by atoms with Crippen LogP contribution in [0.15, 0.2) is 30.9 Å². The van der Waals surface area contributed by atoms with Crippen molar-refractivity contribution < 1.29 is 49.5 Å². The van der Waals surface area contributed by atoms with Gasteiger partial charge in [0.25, 0.3) is 5.60 Å². The summed E-state index contributed by atoms with van der Waals surface area (Å²) in [6.07, 6.45) is -9.19. The van der Waals surface area contributed by atoms with Gasteiger partial charge in [0.15, 0.2) is 0 Å². The minimum absolute atomic E-state index is 0.00255. The summed E-state index contributed by atoms with van der Waals surface area (Å²) in [7, 11) is -4.50. The average Bonchev–Trinajstić information content (AvgIpc) is 3.13. The van der Waals surface area contributed by atoms with E-state index < -0.39 is 58.0 Å². The summed E-state index contributed by atoms with van der Waals surface area (Å²) in [5, 5.41) is 20.6. The Kier molecular flexibility index (Phi) is 7.91. The van der Waals surface area contributed by atoms with E-state index in [9.17, 15) is 49.5 Å². The predicted molar refractivity (Wildman–Crippen MR) is 136 cm³/mol. The van der Waals surface area contributed by atoms with E-state index in [0.29, 0.717) is 25.7 Å². The molecule has 0 aromatic heterocycles. The molecule has 13 heteroatoms. The summed E-state index contributed by atoms with van der Waals surface area (Å²) in [4.78, 5) is 0. The molecule has 6 nitrogen and oxygen atoms in total. The maximum atomic E-state index is 13.2. The topological polar surface area (TPSA) is 107 Å². The van der Waals surface area contributed by atoms with Gasteiger partial charge in [-0.1, -0.05) is 25.5 Å². The summed E-state index contributed by atoms with van der Waals surface area (Å²) in [5.74, 6) is -0.379. The van der Waals surface area contributed by atoms with E-state index in [2.05, 4.69) is 6.58 Å². The highest BCUT2D eigenvalue weighted by atomic mass is 32.2. The number of aryl methyl sites for hydroxylation is 1. The minimum atomic E-state index is -5.86. The van der Waals surface area contributed by atoms with Gasteiger partial charge in [-0.05, 0) is 103 Å². The standard InChI is InChI=1S/C27H35F6NO5S/c1-3-24-13-11-16-14-18(34-40(37,38)39)7-8-19(16)22(24)17(15-23(2)20(24)9-10-21(23)35)6-4-5-12-25(36,26(28,29)30)27(31,32)33/h3,7-8,14,17,20-22,34-36H,1,4-6,9-13,15H2,2H3,(H,37,38,39)/t17-,20?,21-,22?,23-,24?/m0/s1. The minimum Gasteiger partial charge on any atom is -0.393 e. The molecule has 3 unspecified atom stereocenters. The molecule has 0 radical (unpaired) electrons. The van der Waals surface area contributed by atoms with Crippen LogP contribution in [0.3, 0.4) is 0 Å². The van der Waals surface area contributed by atoms with E-state index in [0.717, 1.165) is 17.5 Å². The number of alkyl halides is 6. The third-order valence-electron chi connectivity index (χ3n) is 9.92. The summed E-state index contributed by atoms with van der Waals surface area (Å²) in [5.41, 5.74) is -3.91. The van der Waals surface area contributed by atoms with Crippen molar-refractivity contribution in [2.75, 3.05) is 4.72 Å². The molecule has 226 valence electrons. The maximum Gasteiger partial charge on any atom is 0.426 e. The molecular formula is C27H35F6NO5S. The van der Waals surface area contributed by atoms with Crippen LogP contribution in [-0.2, 0) is 16.7 Å². The number of aliphatic hydroxyl groups is 2. The van der Waals surface area contributed by atoms with Gasteiger partial charge in [0, 0.05) is 0 Å². The normalized spacial score (nSPS) is 32.6. The van der Waals surface area contributed by atoms with Crippen LogP contribution in [0.5, 0.6) is 0 Å². The Morgan fingerprint density at radius 2 is 1.77 bits per heavy atom. The van der Waals surface area contributed by atoms with Crippen LogP contribution in [0.2, 0.25) is 0 Å². The van der Waals surface area contributed by atoms with Crippen LogP contribution in [0.1, 0.15) is 75.3 Å². The molecule has 0 aliphatic heterocycles. The van der Waals surface area contributed by atoms with Crippen LogP contribution in [-0.4, -0.2) is 47.2 Å². The number of unbranched alkanes of at least 4 members (excludes halogenated alkanes) is 1. The fourth-order valence-electron chi connectivity index (χ4n) is 8.15. The summed E-state index contributed by atoms with van der Waals surface area (Å²) < 4.78 is 113. The Bertz CT molecular complexity index is 1220. The van der Waals surface area contributed by atoms with Crippen molar-refractivity contribution in [3.63, 3.8) is 0 Å². The van der Waals surface area contributed by atoms with E-state index in [1.807, 2.05) is 17.7 Å². The van der Waals surface area contributed by atoms with Crippen molar-refractivity contribution in [2.45, 2.75) is 94.7 Å². The molecule has 4 N–H and O–H groups in total. The number of aliphatic hydroxyl groups excluding tert-OH is 1. The Balaban J connectivity index is 1.66. The van der Waals surface area contributed by atoms with E-state index in [1.165, 1.54) is 6.07 Å². The fraction of sp³-hybridized carbons (Fsp3) is 0.704. The first kappa shape index (κ1) is 31.1. The first-order valence-corrected chi connectivity index (χ1v) is 14.8. The van der Waals surface area contributed by atoms with Crippen LogP contribution >= 0.6 is 0 Å². The highest BCUT2D eigenvalue weighted by Gasteiger charge is 2.69. The number of rotatable bonds is 8. The first-order valence-electron chi connectivity index (χ1n) is 13.3. The largest absolute Gasteiger partial charge is 0.426 e. The number of benzene rings is 1. The number of fused-ring (bicyclic) bond motifs is 5. The Labute approximate surface area is 229 Å². The number of hydrogen-bond donors (Lipinski definition) is 4. The zero-order valence-corrected chi connectivity index (χ0v) is 22.8. The summed E-state index contributed by atoms with van der Waals surface area (Å²) >= 11 is 0. The summed E-state index contributed by atoms with van der Waals surface area (Å²) in [6, 6.07) is 4.88. The smallest absolute Gasteiger partial charge is 0.393 e. The zero-order valence-electron chi connectivity index (χ0n) is 22.0. The molecule has 0 bridgehead atoms. The molecule has 2 saturated carbocycles. The van der Waals surface area contributed by atoms with Crippen LogP contribution in [0.4, 0.5) is 32.0 Å². The number of nitrogens with one attached hydrogen (secondary N) is 1. The zero-order chi connectivity index (χ0) is 29.9. The monoisotopic (exact) mass is 599 g/mol. The predicted octanol–water partition coefficient (Wildman–Crippen LogP) is 6.32. The molecular weight excluding hydrogens is 564 g/mol. The first-order chi connectivity index (χ1) is 18.3. The molecule has 0 spiro atoms. The molecule has 1 aromatic rings. The number of allylic oxidation sites excluding steroid dienone is 1. The Morgan fingerprint density at radius 3 is 2.35 bits per heavy atom. The second-order valence-electron chi connectivity index (χ2n) is 12.0. The quantitative estimate of drug-likeness (QED) is 0.121. The Morgan fingerprint density at radius 1 is 1.12 bits per heavy atom. The van der Waals surface area contributed by atoms with Gasteiger partial charge < -0.3 is 10.2 Å². The maximum absolute atomic E-state index is 13.2. The third-order valence-corrected chi connectivity index (χ3v) is 10.4. The SMILES string of the molecule is C=CC12CCc3cc(NS(=O)(=O)O)ccc3C1[C@@H](CCCCC(O)(C(F)(F)F)C(F)(F)F)C[C@@]1(C)C2CC[C@@H]1O. The van der Waals surface area contributed by atoms with Crippen molar-refractivity contribution in [2.24, 2.45) is 22.7 Å². The molecule has 6 atom stereocenters. The molecule has 3 aliphatic rings. The van der Waals surface area contributed by atoms with Gasteiger partial charge in [0.05, 0.1) is 11.8 Å². The number of anilines is 1. The molecule has 0 saturated heterocycles. The van der Waals surface area contributed by atoms with Crippen molar-refractivity contribution in [1.82, 2.24) is 0 Å². The molecule has 3 aliphatic carbocycles. The van der Waals surface area contributed by atoms with Crippen molar-refractivity contribution in [1.29, 1.82) is 0 Å². The van der Waals surface area contributed by atoms with E-state index in [-0.39, 0.29) is 36.3 Å². The van der Waals surface area contributed by atoms with Crippen LogP contribution in [0.25, 0.3) is 0 Å².